The average molecular weight is 315 g/mol. The fraction of sp³-hybridized carbons (Fsp3) is 0.588. The highest BCUT2D eigenvalue weighted by atomic mass is 16.2. The van der Waals surface area contributed by atoms with Crippen LogP contribution in [0.5, 0.6) is 0 Å². The highest BCUT2D eigenvalue weighted by Crippen LogP contribution is 2.28. The van der Waals surface area contributed by atoms with Crippen molar-refractivity contribution < 1.29 is 4.79 Å². The minimum absolute atomic E-state index is 0.0108. The molecule has 1 atom stereocenters. The first-order valence-electron chi connectivity index (χ1n) is 8.18. The Labute approximate surface area is 136 Å². The Hall–Kier alpha value is -2.11. The fourth-order valence-corrected chi connectivity index (χ4v) is 3.17. The second kappa shape index (κ2) is 5.83. The van der Waals surface area contributed by atoms with Crippen LogP contribution in [-0.2, 0) is 11.8 Å². The summed E-state index contributed by atoms with van der Waals surface area (Å²) in [6.07, 6.45) is 5.54. The molecule has 1 amide bonds. The second-order valence-electron chi connectivity index (χ2n) is 7.39. The molecule has 0 aliphatic carbocycles. The van der Waals surface area contributed by atoms with Crippen LogP contribution in [0.4, 0.5) is 5.82 Å². The summed E-state index contributed by atoms with van der Waals surface area (Å²) in [4.78, 5) is 23.5. The number of carbonyl (C=O) groups excluding carboxylic acids is 1. The topological polar surface area (TPSA) is 63.1 Å². The molecule has 0 saturated carbocycles. The maximum atomic E-state index is 12.5. The van der Waals surface area contributed by atoms with Gasteiger partial charge < -0.3 is 14.8 Å². The van der Waals surface area contributed by atoms with Crippen LogP contribution < -0.4 is 10.2 Å². The number of aryl methyl sites for hydroxylation is 1. The van der Waals surface area contributed by atoms with Crippen molar-refractivity contribution in [3.05, 3.63) is 18.6 Å². The Balaban J connectivity index is 1.82. The standard InChI is InChI=1S/C17H25N5O/c1-17(2,3)20-16(23)12-6-5-8-22(10-12)15-13-7-9-21(4)14(13)18-11-19-15/h7,9,11-12H,5-6,8,10H2,1-4H3,(H,20,23). The smallest absolute Gasteiger partial charge is 0.225 e. The van der Waals surface area contributed by atoms with Crippen LogP contribution in [0, 0.1) is 5.92 Å². The van der Waals surface area contributed by atoms with E-state index in [-0.39, 0.29) is 17.4 Å². The van der Waals surface area contributed by atoms with Crippen LogP contribution in [0.1, 0.15) is 33.6 Å². The van der Waals surface area contributed by atoms with Crippen LogP contribution in [0.3, 0.4) is 0 Å². The van der Waals surface area contributed by atoms with Crippen LogP contribution in [0.25, 0.3) is 11.0 Å². The molecular formula is C17H25N5O. The molecule has 6 heteroatoms. The monoisotopic (exact) mass is 315 g/mol. The molecule has 0 spiro atoms. The lowest BCUT2D eigenvalue weighted by molar-refractivity contribution is -0.126. The molecule has 0 aromatic carbocycles. The summed E-state index contributed by atoms with van der Waals surface area (Å²) < 4.78 is 1.99. The molecular weight excluding hydrogens is 290 g/mol. The number of rotatable bonds is 2. The largest absolute Gasteiger partial charge is 0.355 e. The lowest BCUT2D eigenvalue weighted by Gasteiger charge is -2.34. The van der Waals surface area contributed by atoms with Crippen molar-refractivity contribution in [2.75, 3.05) is 18.0 Å². The number of anilines is 1. The predicted octanol–water partition coefficient (Wildman–Crippen LogP) is 2.10. The molecule has 1 fully saturated rings. The lowest BCUT2D eigenvalue weighted by atomic mass is 9.95. The van der Waals surface area contributed by atoms with Crippen LogP contribution in [0.15, 0.2) is 18.6 Å². The van der Waals surface area contributed by atoms with E-state index in [1.165, 1.54) is 0 Å². The van der Waals surface area contributed by atoms with Crippen molar-refractivity contribution in [2.45, 2.75) is 39.2 Å². The normalized spacial score (nSPS) is 19.1. The van der Waals surface area contributed by atoms with Crippen LogP contribution in [0.2, 0.25) is 0 Å². The number of fused-ring (bicyclic) bond motifs is 1. The van der Waals surface area contributed by atoms with E-state index < -0.39 is 0 Å². The number of nitrogens with one attached hydrogen (secondary N) is 1. The Kier molecular flexibility index (Phi) is 4.00. The van der Waals surface area contributed by atoms with Gasteiger partial charge >= 0.3 is 0 Å². The summed E-state index contributed by atoms with van der Waals surface area (Å²) >= 11 is 0. The number of nitrogens with zero attached hydrogens (tertiary/aromatic N) is 4. The lowest BCUT2D eigenvalue weighted by Crippen LogP contribution is -2.48. The van der Waals surface area contributed by atoms with Gasteiger partial charge in [0.15, 0.2) is 0 Å². The fourth-order valence-electron chi connectivity index (χ4n) is 3.17. The highest BCUT2D eigenvalue weighted by molar-refractivity contribution is 5.88. The number of carbonyl (C=O) groups is 1. The van der Waals surface area contributed by atoms with E-state index in [1.54, 1.807) is 6.33 Å². The Morgan fingerprint density at radius 1 is 1.35 bits per heavy atom. The molecule has 0 radical (unpaired) electrons. The van der Waals surface area contributed by atoms with Gasteiger partial charge in [-0.1, -0.05) is 0 Å². The van der Waals surface area contributed by atoms with Gasteiger partial charge in [-0.25, -0.2) is 9.97 Å². The molecule has 1 aliphatic rings. The van der Waals surface area contributed by atoms with Gasteiger partial charge in [0.2, 0.25) is 5.91 Å². The molecule has 124 valence electrons. The third-order valence-electron chi connectivity index (χ3n) is 4.23. The van der Waals surface area contributed by atoms with Gasteiger partial charge in [-0.3, -0.25) is 4.79 Å². The zero-order valence-electron chi connectivity index (χ0n) is 14.3. The predicted molar refractivity (Wildman–Crippen MR) is 91.3 cm³/mol. The third kappa shape index (κ3) is 3.30. The summed E-state index contributed by atoms with van der Waals surface area (Å²) in [5.74, 6) is 1.08. The summed E-state index contributed by atoms with van der Waals surface area (Å²) in [5.41, 5.74) is 0.734. The van der Waals surface area contributed by atoms with Gasteiger partial charge in [0.05, 0.1) is 11.3 Å². The molecule has 6 nitrogen and oxygen atoms in total. The Morgan fingerprint density at radius 3 is 2.87 bits per heavy atom. The first-order chi connectivity index (χ1) is 10.8. The molecule has 23 heavy (non-hydrogen) atoms. The number of amides is 1. The second-order valence-corrected chi connectivity index (χ2v) is 7.39. The summed E-state index contributed by atoms with van der Waals surface area (Å²) in [6.45, 7) is 7.69. The van der Waals surface area contributed by atoms with Crippen molar-refractivity contribution in [1.82, 2.24) is 19.9 Å². The van der Waals surface area contributed by atoms with Crippen LogP contribution in [-0.4, -0.2) is 39.1 Å². The van der Waals surface area contributed by atoms with E-state index >= 15 is 0 Å². The minimum atomic E-state index is -0.193. The van der Waals surface area contributed by atoms with E-state index in [0.29, 0.717) is 6.54 Å². The first kappa shape index (κ1) is 15.8. The molecule has 1 aliphatic heterocycles. The number of aromatic nitrogens is 3. The minimum Gasteiger partial charge on any atom is -0.355 e. The Bertz CT molecular complexity index is 715. The maximum Gasteiger partial charge on any atom is 0.225 e. The zero-order valence-corrected chi connectivity index (χ0v) is 14.3. The molecule has 2 aromatic rings. The van der Waals surface area contributed by atoms with E-state index in [0.717, 1.165) is 36.2 Å². The van der Waals surface area contributed by atoms with Crippen LogP contribution >= 0.6 is 0 Å². The molecule has 1 N–H and O–H groups in total. The van der Waals surface area contributed by atoms with E-state index in [2.05, 4.69) is 20.2 Å². The third-order valence-corrected chi connectivity index (χ3v) is 4.23. The van der Waals surface area contributed by atoms with Gasteiger partial charge in [0.1, 0.15) is 17.8 Å². The number of piperidine rings is 1. The Morgan fingerprint density at radius 2 is 2.13 bits per heavy atom. The van der Waals surface area contributed by atoms with Crippen molar-refractivity contribution in [2.24, 2.45) is 13.0 Å². The van der Waals surface area contributed by atoms with Gasteiger partial charge in [0, 0.05) is 31.9 Å². The molecule has 2 aromatic heterocycles. The molecule has 0 bridgehead atoms. The molecule has 1 saturated heterocycles. The zero-order chi connectivity index (χ0) is 16.6. The summed E-state index contributed by atoms with van der Waals surface area (Å²) in [5, 5.41) is 4.15. The molecule has 1 unspecified atom stereocenters. The highest BCUT2D eigenvalue weighted by Gasteiger charge is 2.29. The molecule has 3 heterocycles. The maximum absolute atomic E-state index is 12.5. The average Bonchev–Trinajstić information content (AvgIpc) is 2.87. The van der Waals surface area contributed by atoms with Crippen molar-refractivity contribution in [1.29, 1.82) is 0 Å². The first-order valence-corrected chi connectivity index (χ1v) is 8.18. The van der Waals surface area contributed by atoms with Gasteiger partial charge in [-0.2, -0.15) is 0 Å². The quantitative estimate of drug-likeness (QED) is 0.922. The van der Waals surface area contributed by atoms with Crippen molar-refractivity contribution in [3.63, 3.8) is 0 Å². The number of hydrogen-bond donors (Lipinski definition) is 1. The van der Waals surface area contributed by atoms with E-state index in [1.807, 2.05) is 44.6 Å². The van der Waals surface area contributed by atoms with E-state index in [9.17, 15) is 4.79 Å². The van der Waals surface area contributed by atoms with Gasteiger partial charge in [-0.05, 0) is 39.7 Å². The van der Waals surface area contributed by atoms with Crippen molar-refractivity contribution >= 4 is 22.8 Å². The summed E-state index contributed by atoms with van der Waals surface area (Å²) in [7, 11) is 1.98. The van der Waals surface area contributed by atoms with Gasteiger partial charge in [0.25, 0.3) is 0 Å². The SMILES string of the molecule is Cn1ccc2c(N3CCCC(C(=O)NC(C)(C)C)C3)ncnc21. The number of hydrogen-bond acceptors (Lipinski definition) is 4. The molecule has 3 rings (SSSR count). The summed E-state index contributed by atoms with van der Waals surface area (Å²) in [6, 6.07) is 2.05. The van der Waals surface area contributed by atoms with E-state index in [4.69, 9.17) is 0 Å². The van der Waals surface area contributed by atoms with Crippen molar-refractivity contribution in [3.8, 4) is 0 Å². The van der Waals surface area contributed by atoms with Gasteiger partial charge in [-0.15, -0.1) is 0 Å².